The molecule has 0 aliphatic rings. The minimum Gasteiger partial charge on any atom is -0.726 e. The lowest BCUT2D eigenvalue weighted by Crippen LogP contribution is -2.58. The van der Waals surface area contributed by atoms with Gasteiger partial charge in [0.15, 0.2) is 0 Å². The van der Waals surface area contributed by atoms with Gasteiger partial charge in [-0.25, -0.2) is 8.42 Å². The van der Waals surface area contributed by atoms with Crippen LogP contribution in [0.25, 0.3) is 0 Å². The van der Waals surface area contributed by atoms with E-state index < -0.39 is 10.4 Å². The molecule has 0 bridgehead atoms. The predicted octanol–water partition coefficient (Wildman–Crippen LogP) is 1.43. The molecule has 3 N–H and O–H groups in total. The molecule has 0 aliphatic carbocycles. The summed E-state index contributed by atoms with van der Waals surface area (Å²) < 4.78 is 32.0. The third-order valence-corrected chi connectivity index (χ3v) is 3.05. The van der Waals surface area contributed by atoms with Crippen molar-refractivity contribution in [2.75, 3.05) is 13.2 Å². The van der Waals surface area contributed by atoms with Gasteiger partial charge in [-0.1, -0.05) is 18.2 Å². The molecule has 5 nitrogen and oxygen atoms in total. The number of quaternary nitrogens is 1. The van der Waals surface area contributed by atoms with Gasteiger partial charge in [-0.3, -0.25) is 4.18 Å². The van der Waals surface area contributed by atoms with Crippen molar-refractivity contribution in [3.8, 4) is 0 Å². The topological polar surface area (TPSA) is 94.1 Å². The molecule has 0 aromatic rings. The Morgan fingerprint density at radius 3 is 1.63 bits per heavy atom. The molecule has 0 rings (SSSR count). The Kier molecular flexibility index (Phi) is 11.7. The van der Waals surface area contributed by atoms with Crippen LogP contribution in [0.15, 0.2) is 38.0 Å². The highest BCUT2D eigenvalue weighted by Gasteiger charge is 2.26. The Hall–Kier alpha value is -0.950. The zero-order valence-corrected chi connectivity index (χ0v) is 12.5. The molecule has 0 heterocycles. The second kappa shape index (κ2) is 10.9. The molecule has 0 aromatic carbocycles. The molecular formula is C13H25NO4S. The van der Waals surface area contributed by atoms with Crippen molar-refractivity contribution in [3.63, 3.8) is 0 Å². The summed E-state index contributed by atoms with van der Waals surface area (Å²) in [5, 5.41) is 0. The Bertz CT molecular complexity index is 336. The van der Waals surface area contributed by atoms with E-state index >= 15 is 0 Å². The molecule has 0 aromatic heterocycles. The monoisotopic (exact) mass is 291 g/mol. The van der Waals surface area contributed by atoms with Gasteiger partial charge in [0, 0.05) is 5.41 Å². The van der Waals surface area contributed by atoms with Crippen LogP contribution < -0.4 is 5.73 Å². The molecule has 0 atom stereocenters. The molecule has 0 amide bonds. The van der Waals surface area contributed by atoms with Crippen LogP contribution in [-0.2, 0) is 14.6 Å². The Balaban J connectivity index is 0. The number of allylic oxidation sites excluding steroid dienone is 3. The average Bonchev–Trinajstić information content (AvgIpc) is 2.29. The van der Waals surface area contributed by atoms with Crippen LogP contribution in [0.3, 0.4) is 0 Å². The lowest BCUT2D eigenvalue weighted by molar-refractivity contribution is -0.392. The van der Waals surface area contributed by atoms with Crippen LogP contribution >= 0.6 is 0 Å². The molecule has 0 saturated carbocycles. The quantitative estimate of drug-likeness (QED) is 0.395. The van der Waals surface area contributed by atoms with Crippen LogP contribution in [0.5, 0.6) is 0 Å². The van der Waals surface area contributed by atoms with Crippen molar-refractivity contribution >= 4 is 10.4 Å². The second-order valence-electron chi connectivity index (χ2n) is 4.04. The smallest absolute Gasteiger partial charge is 0.217 e. The SMILES string of the molecule is C=CCC(C[NH3+])(CC=C)CC=C.CCOS(=O)(=O)[O-]. The first-order valence-corrected chi connectivity index (χ1v) is 7.36. The third-order valence-electron chi connectivity index (χ3n) is 2.52. The molecule has 0 spiro atoms. The average molecular weight is 291 g/mol. The van der Waals surface area contributed by atoms with E-state index in [2.05, 4.69) is 29.7 Å². The Morgan fingerprint density at radius 2 is 1.53 bits per heavy atom. The van der Waals surface area contributed by atoms with E-state index in [0.717, 1.165) is 25.8 Å². The first-order valence-electron chi connectivity index (χ1n) is 6.03. The maximum Gasteiger partial charge on any atom is 0.217 e. The van der Waals surface area contributed by atoms with Gasteiger partial charge < -0.3 is 10.3 Å². The predicted molar refractivity (Wildman–Crippen MR) is 76.0 cm³/mol. The van der Waals surface area contributed by atoms with Crippen molar-refractivity contribution in [2.45, 2.75) is 26.2 Å². The van der Waals surface area contributed by atoms with Crippen molar-refractivity contribution in [3.05, 3.63) is 38.0 Å². The first kappa shape index (κ1) is 20.4. The Labute approximate surface area is 116 Å². The summed E-state index contributed by atoms with van der Waals surface area (Å²) in [7, 11) is -4.42. The van der Waals surface area contributed by atoms with E-state index in [1.54, 1.807) is 0 Å². The van der Waals surface area contributed by atoms with Crippen LogP contribution in [-0.4, -0.2) is 26.1 Å². The summed E-state index contributed by atoms with van der Waals surface area (Å²) in [6, 6.07) is 0. The molecule has 6 heteroatoms. The fraction of sp³-hybridized carbons (Fsp3) is 0.538. The van der Waals surface area contributed by atoms with E-state index in [4.69, 9.17) is 0 Å². The third kappa shape index (κ3) is 11.9. The van der Waals surface area contributed by atoms with Gasteiger partial charge in [0.1, 0.15) is 0 Å². The number of rotatable bonds is 9. The van der Waals surface area contributed by atoms with Crippen molar-refractivity contribution in [1.29, 1.82) is 0 Å². The molecule has 0 aliphatic heterocycles. The summed E-state index contributed by atoms with van der Waals surface area (Å²) in [6.07, 6.45) is 8.85. The first-order chi connectivity index (χ1) is 8.80. The maximum absolute atomic E-state index is 9.45. The molecule has 112 valence electrons. The van der Waals surface area contributed by atoms with Gasteiger partial charge in [-0.2, -0.15) is 0 Å². The zero-order valence-electron chi connectivity index (χ0n) is 11.6. The summed E-state index contributed by atoms with van der Waals surface area (Å²) in [4.78, 5) is 0. The summed E-state index contributed by atoms with van der Waals surface area (Å²) in [6.45, 7) is 13.5. The van der Waals surface area contributed by atoms with Crippen LogP contribution in [0, 0.1) is 5.41 Å². The van der Waals surface area contributed by atoms with Gasteiger partial charge >= 0.3 is 0 Å². The highest BCUT2D eigenvalue weighted by atomic mass is 32.3. The maximum atomic E-state index is 9.45. The molecular weight excluding hydrogens is 266 g/mol. The standard InChI is InChI=1S/C11H19N.C2H6O4S/c1-4-7-11(10-12,8-5-2)9-6-3;1-2-6-7(3,4)5/h4-6H,1-3,7-10,12H2;2H2,1H3,(H,3,4,5). The van der Waals surface area contributed by atoms with Crippen LogP contribution in [0.2, 0.25) is 0 Å². The highest BCUT2D eigenvalue weighted by molar-refractivity contribution is 7.80. The molecule has 19 heavy (non-hydrogen) atoms. The van der Waals surface area contributed by atoms with Gasteiger partial charge in [0.25, 0.3) is 0 Å². The van der Waals surface area contributed by atoms with Gasteiger partial charge in [-0.15, -0.1) is 19.7 Å². The molecule has 0 unspecified atom stereocenters. The Morgan fingerprint density at radius 1 is 1.16 bits per heavy atom. The van der Waals surface area contributed by atoms with Gasteiger partial charge in [0.2, 0.25) is 10.4 Å². The van der Waals surface area contributed by atoms with E-state index in [1.807, 2.05) is 18.2 Å². The normalized spacial score (nSPS) is 11.1. The van der Waals surface area contributed by atoms with Crippen molar-refractivity contribution in [1.82, 2.24) is 0 Å². The van der Waals surface area contributed by atoms with Crippen LogP contribution in [0.1, 0.15) is 26.2 Å². The van der Waals surface area contributed by atoms with Crippen LogP contribution in [0.4, 0.5) is 0 Å². The van der Waals surface area contributed by atoms with Crippen molar-refractivity contribution < 1.29 is 22.9 Å². The molecule has 0 fully saturated rings. The van der Waals surface area contributed by atoms with E-state index in [1.165, 1.54) is 6.92 Å². The number of hydrogen-bond donors (Lipinski definition) is 1. The summed E-state index contributed by atoms with van der Waals surface area (Å²) >= 11 is 0. The lowest BCUT2D eigenvalue weighted by atomic mass is 9.78. The fourth-order valence-corrected chi connectivity index (χ4v) is 1.91. The lowest BCUT2D eigenvalue weighted by Gasteiger charge is -2.26. The largest absolute Gasteiger partial charge is 0.726 e. The van der Waals surface area contributed by atoms with Gasteiger partial charge in [0.05, 0.1) is 13.2 Å². The summed E-state index contributed by atoms with van der Waals surface area (Å²) in [5.74, 6) is 0. The second-order valence-corrected chi connectivity index (χ2v) is 5.10. The minimum absolute atomic E-state index is 0.0914. The summed E-state index contributed by atoms with van der Waals surface area (Å²) in [5.41, 5.74) is 4.20. The molecule has 0 radical (unpaired) electrons. The highest BCUT2D eigenvalue weighted by Crippen LogP contribution is 2.30. The van der Waals surface area contributed by atoms with E-state index in [0.29, 0.717) is 0 Å². The van der Waals surface area contributed by atoms with Crippen molar-refractivity contribution in [2.24, 2.45) is 5.41 Å². The molecule has 0 saturated heterocycles. The minimum atomic E-state index is -4.42. The zero-order chi connectivity index (χ0) is 15.4. The van der Waals surface area contributed by atoms with E-state index in [9.17, 15) is 13.0 Å². The van der Waals surface area contributed by atoms with E-state index in [-0.39, 0.29) is 12.0 Å². The van der Waals surface area contributed by atoms with Gasteiger partial charge in [-0.05, 0) is 26.2 Å². The number of hydrogen-bond acceptors (Lipinski definition) is 4. The fourth-order valence-electron chi connectivity index (χ4n) is 1.62.